The smallest absolute Gasteiger partial charge is 0.118 e. The zero-order chi connectivity index (χ0) is 15.1. The van der Waals surface area contributed by atoms with Gasteiger partial charge in [0.25, 0.3) is 0 Å². The molecule has 0 amide bonds. The number of methoxy groups -OCH3 is 1. The summed E-state index contributed by atoms with van der Waals surface area (Å²) >= 11 is 1.83. The highest BCUT2D eigenvalue weighted by molar-refractivity contribution is 7.09. The molecule has 21 heavy (non-hydrogen) atoms. The second-order valence-corrected chi connectivity index (χ2v) is 6.37. The van der Waals surface area contributed by atoms with Gasteiger partial charge in [0.15, 0.2) is 0 Å². The second kappa shape index (κ2) is 8.18. The van der Waals surface area contributed by atoms with Crippen LogP contribution in [0.2, 0.25) is 0 Å². The number of nitrogens with zero attached hydrogens (tertiary/aromatic N) is 1. The molecule has 1 aromatic heterocycles. The van der Waals surface area contributed by atoms with Crippen LogP contribution in [0.5, 0.6) is 5.75 Å². The van der Waals surface area contributed by atoms with E-state index < -0.39 is 0 Å². The van der Waals surface area contributed by atoms with Gasteiger partial charge in [0.05, 0.1) is 17.8 Å². The lowest BCUT2D eigenvalue weighted by Crippen LogP contribution is -1.98. The van der Waals surface area contributed by atoms with E-state index in [9.17, 15) is 0 Å². The quantitative estimate of drug-likeness (QED) is 0.649. The van der Waals surface area contributed by atoms with Crippen LogP contribution in [0.4, 0.5) is 0 Å². The standard InChI is InChI=1S/C18H25NOS/c1-4-6-15(7-5-2)18-19-16(13-21-18)12-14-8-10-17(20-3)11-9-14/h8-11,13,15H,4-7,12H2,1-3H3. The lowest BCUT2D eigenvalue weighted by molar-refractivity contribution is 0.414. The van der Waals surface area contributed by atoms with Crippen LogP contribution >= 0.6 is 11.3 Å². The van der Waals surface area contributed by atoms with Crippen LogP contribution in [0.15, 0.2) is 29.6 Å². The molecule has 1 heterocycles. The first-order chi connectivity index (χ1) is 10.3. The van der Waals surface area contributed by atoms with Crippen molar-refractivity contribution < 1.29 is 4.74 Å². The van der Waals surface area contributed by atoms with Crippen LogP contribution < -0.4 is 4.74 Å². The maximum Gasteiger partial charge on any atom is 0.118 e. The third kappa shape index (κ3) is 4.57. The number of ether oxygens (including phenoxy) is 1. The molecule has 3 heteroatoms. The Balaban J connectivity index is 2.04. The van der Waals surface area contributed by atoms with Crippen molar-refractivity contribution in [1.29, 1.82) is 0 Å². The number of hydrogen-bond donors (Lipinski definition) is 0. The Morgan fingerprint density at radius 1 is 1.10 bits per heavy atom. The minimum atomic E-state index is 0.648. The van der Waals surface area contributed by atoms with Crippen molar-refractivity contribution in [3.8, 4) is 5.75 Å². The first-order valence-electron chi connectivity index (χ1n) is 7.84. The molecule has 2 aromatic rings. The predicted octanol–water partition coefficient (Wildman–Crippen LogP) is 5.43. The Hall–Kier alpha value is -1.35. The summed E-state index contributed by atoms with van der Waals surface area (Å²) in [6.45, 7) is 4.52. The van der Waals surface area contributed by atoms with E-state index in [0.29, 0.717) is 5.92 Å². The van der Waals surface area contributed by atoms with E-state index in [0.717, 1.165) is 12.2 Å². The summed E-state index contributed by atoms with van der Waals surface area (Å²) in [5, 5.41) is 3.54. The molecule has 0 saturated heterocycles. The minimum absolute atomic E-state index is 0.648. The molecule has 0 N–H and O–H groups in total. The van der Waals surface area contributed by atoms with Gasteiger partial charge in [0.2, 0.25) is 0 Å². The molecule has 0 spiro atoms. The van der Waals surface area contributed by atoms with Gasteiger partial charge >= 0.3 is 0 Å². The maximum absolute atomic E-state index is 5.20. The van der Waals surface area contributed by atoms with E-state index in [1.54, 1.807) is 7.11 Å². The fraction of sp³-hybridized carbons (Fsp3) is 0.500. The molecule has 0 bridgehead atoms. The minimum Gasteiger partial charge on any atom is -0.497 e. The van der Waals surface area contributed by atoms with Crippen molar-refractivity contribution in [2.45, 2.75) is 51.9 Å². The fourth-order valence-electron chi connectivity index (χ4n) is 2.63. The summed E-state index contributed by atoms with van der Waals surface area (Å²) in [5.74, 6) is 1.55. The molecular formula is C18H25NOS. The monoisotopic (exact) mass is 303 g/mol. The Morgan fingerprint density at radius 2 is 1.76 bits per heavy atom. The van der Waals surface area contributed by atoms with Crippen LogP contribution in [0, 0.1) is 0 Å². The Bertz CT molecular complexity index is 526. The van der Waals surface area contributed by atoms with E-state index in [4.69, 9.17) is 9.72 Å². The number of rotatable bonds is 8. The van der Waals surface area contributed by atoms with Crippen LogP contribution in [0.3, 0.4) is 0 Å². The lowest BCUT2D eigenvalue weighted by atomic mass is 9.99. The molecular weight excluding hydrogens is 278 g/mol. The summed E-state index contributed by atoms with van der Waals surface area (Å²) in [6.07, 6.45) is 5.88. The summed E-state index contributed by atoms with van der Waals surface area (Å²) in [7, 11) is 1.70. The fourth-order valence-corrected chi connectivity index (χ4v) is 3.62. The SMILES string of the molecule is CCCC(CCC)c1nc(Cc2ccc(OC)cc2)cs1. The third-order valence-electron chi connectivity index (χ3n) is 3.74. The zero-order valence-electron chi connectivity index (χ0n) is 13.3. The molecule has 0 fully saturated rings. The van der Waals surface area contributed by atoms with E-state index in [1.807, 2.05) is 23.5 Å². The van der Waals surface area contributed by atoms with Gasteiger partial charge in [-0.1, -0.05) is 38.8 Å². The van der Waals surface area contributed by atoms with Crippen molar-refractivity contribution >= 4 is 11.3 Å². The first-order valence-corrected chi connectivity index (χ1v) is 8.72. The van der Waals surface area contributed by atoms with Gasteiger partial charge < -0.3 is 4.74 Å². The molecule has 114 valence electrons. The molecule has 0 saturated carbocycles. The number of hydrogen-bond acceptors (Lipinski definition) is 3. The van der Waals surface area contributed by atoms with Crippen molar-refractivity contribution in [1.82, 2.24) is 4.98 Å². The van der Waals surface area contributed by atoms with E-state index in [-0.39, 0.29) is 0 Å². The molecule has 1 aromatic carbocycles. The average Bonchev–Trinajstić information content (AvgIpc) is 2.96. The highest BCUT2D eigenvalue weighted by atomic mass is 32.1. The van der Waals surface area contributed by atoms with Crippen molar-refractivity contribution in [2.24, 2.45) is 0 Å². The summed E-state index contributed by atoms with van der Waals surface area (Å²) < 4.78 is 5.20. The van der Waals surface area contributed by atoms with E-state index in [1.165, 1.54) is 41.9 Å². The van der Waals surface area contributed by atoms with E-state index >= 15 is 0 Å². The molecule has 2 nitrogen and oxygen atoms in total. The van der Waals surface area contributed by atoms with Gasteiger partial charge in [0, 0.05) is 17.7 Å². The van der Waals surface area contributed by atoms with Gasteiger partial charge in [-0.2, -0.15) is 0 Å². The summed E-state index contributed by atoms with van der Waals surface area (Å²) in [6, 6.07) is 8.26. The van der Waals surface area contributed by atoms with Crippen molar-refractivity contribution in [3.05, 3.63) is 45.9 Å². The van der Waals surface area contributed by atoms with Gasteiger partial charge in [-0.25, -0.2) is 4.98 Å². The Labute approximate surface area is 132 Å². The molecule has 0 aliphatic carbocycles. The van der Waals surface area contributed by atoms with Crippen LogP contribution in [0.1, 0.15) is 61.7 Å². The molecule has 2 rings (SSSR count). The highest BCUT2D eigenvalue weighted by Gasteiger charge is 2.14. The van der Waals surface area contributed by atoms with Crippen LogP contribution in [0.25, 0.3) is 0 Å². The number of benzene rings is 1. The molecule has 0 atom stereocenters. The zero-order valence-corrected chi connectivity index (χ0v) is 14.1. The number of aromatic nitrogens is 1. The van der Waals surface area contributed by atoms with Gasteiger partial charge in [0.1, 0.15) is 5.75 Å². The largest absolute Gasteiger partial charge is 0.497 e. The Morgan fingerprint density at radius 3 is 2.33 bits per heavy atom. The predicted molar refractivity (Wildman–Crippen MR) is 90.5 cm³/mol. The third-order valence-corrected chi connectivity index (χ3v) is 4.79. The second-order valence-electron chi connectivity index (χ2n) is 5.48. The van der Waals surface area contributed by atoms with Crippen LogP contribution in [-0.4, -0.2) is 12.1 Å². The maximum atomic E-state index is 5.20. The highest BCUT2D eigenvalue weighted by Crippen LogP contribution is 2.29. The molecule has 0 unspecified atom stereocenters. The topological polar surface area (TPSA) is 22.1 Å². The van der Waals surface area contributed by atoms with E-state index in [2.05, 4.69) is 31.4 Å². The number of thiazole rings is 1. The normalized spacial score (nSPS) is 11.0. The van der Waals surface area contributed by atoms with Gasteiger partial charge in [-0.05, 0) is 30.5 Å². The van der Waals surface area contributed by atoms with Crippen molar-refractivity contribution in [2.75, 3.05) is 7.11 Å². The summed E-state index contributed by atoms with van der Waals surface area (Å²) in [4.78, 5) is 4.87. The lowest BCUT2D eigenvalue weighted by Gasteiger charge is -2.11. The van der Waals surface area contributed by atoms with Gasteiger partial charge in [-0.15, -0.1) is 11.3 Å². The molecule has 0 aliphatic heterocycles. The van der Waals surface area contributed by atoms with Crippen LogP contribution in [-0.2, 0) is 6.42 Å². The Kier molecular flexibility index (Phi) is 6.24. The van der Waals surface area contributed by atoms with Gasteiger partial charge in [-0.3, -0.25) is 0 Å². The average molecular weight is 303 g/mol. The summed E-state index contributed by atoms with van der Waals surface area (Å²) in [5.41, 5.74) is 2.48. The van der Waals surface area contributed by atoms with Crippen molar-refractivity contribution in [3.63, 3.8) is 0 Å². The first kappa shape index (κ1) is 16.0. The molecule has 0 aliphatic rings. The molecule has 0 radical (unpaired) electrons.